The lowest BCUT2D eigenvalue weighted by molar-refractivity contribution is -0.115. The third kappa shape index (κ3) is 4.96. The van der Waals surface area contributed by atoms with Crippen molar-refractivity contribution in [3.05, 3.63) is 12.2 Å². The van der Waals surface area contributed by atoms with Crippen LogP contribution < -0.4 is 0 Å². The highest BCUT2D eigenvalue weighted by molar-refractivity contribution is 5.89. The SMILES string of the molecule is CCC=CC(=O)CC1CCC(CCC)CC1. The average Bonchev–Trinajstić information content (AvgIpc) is 2.29. The highest BCUT2D eigenvalue weighted by Crippen LogP contribution is 2.33. The number of rotatable bonds is 6. The minimum Gasteiger partial charge on any atom is -0.295 e. The molecule has 0 aliphatic heterocycles. The molecule has 0 aromatic carbocycles. The number of allylic oxidation sites excluding steroid dienone is 2. The van der Waals surface area contributed by atoms with E-state index in [1.165, 1.54) is 38.5 Å². The average molecular weight is 222 g/mol. The summed E-state index contributed by atoms with van der Waals surface area (Å²) in [4.78, 5) is 11.6. The Morgan fingerprint density at radius 1 is 1.12 bits per heavy atom. The van der Waals surface area contributed by atoms with Crippen LogP contribution in [-0.4, -0.2) is 5.78 Å². The molecule has 0 atom stereocenters. The first-order valence-electron chi connectivity index (χ1n) is 6.95. The summed E-state index contributed by atoms with van der Waals surface area (Å²) in [7, 11) is 0. The first-order chi connectivity index (χ1) is 7.76. The third-order valence-electron chi connectivity index (χ3n) is 3.69. The second-order valence-corrected chi connectivity index (χ2v) is 5.16. The van der Waals surface area contributed by atoms with Gasteiger partial charge in [-0.15, -0.1) is 0 Å². The van der Waals surface area contributed by atoms with Crippen molar-refractivity contribution in [3.8, 4) is 0 Å². The van der Waals surface area contributed by atoms with E-state index in [-0.39, 0.29) is 0 Å². The van der Waals surface area contributed by atoms with Crippen LogP contribution in [0.5, 0.6) is 0 Å². The van der Waals surface area contributed by atoms with Crippen LogP contribution in [0, 0.1) is 11.8 Å². The van der Waals surface area contributed by atoms with Gasteiger partial charge in [0.2, 0.25) is 0 Å². The van der Waals surface area contributed by atoms with Gasteiger partial charge >= 0.3 is 0 Å². The summed E-state index contributed by atoms with van der Waals surface area (Å²) >= 11 is 0. The van der Waals surface area contributed by atoms with Crippen LogP contribution >= 0.6 is 0 Å². The molecule has 0 amide bonds. The summed E-state index contributed by atoms with van der Waals surface area (Å²) in [6, 6.07) is 0. The Labute approximate surface area is 100 Å². The zero-order chi connectivity index (χ0) is 11.8. The Balaban J connectivity index is 2.21. The summed E-state index contributed by atoms with van der Waals surface area (Å²) < 4.78 is 0. The van der Waals surface area contributed by atoms with Crippen molar-refractivity contribution < 1.29 is 4.79 Å². The van der Waals surface area contributed by atoms with Gasteiger partial charge in [0.15, 0.2) is 5.78 Å². The van der Waals surface area contributed by atoms with Gasteiger partial charge in [-0.3, -0.25) is 4.79 Å². The van der Waals surface area contributed by atoms with Crippen LogP contribution in [-0.2, 0) is 4.79 Å². The van der Waals surface area contributed by atoms with Gasteiger partial charge in [-0.25, -0.2) is 0 Å². The lowest BCUT2D eigenvalue weighted by Crippen LogP contribution is -2.16. The van der Waals surface area contributed by atoms with Crippen LogP contribution in [0.1, 0.15) is 65.2 Å². The van der Waals surface area contributed by atoms with E-state index in [1.54, 1.807) is 6.08 Å². The van der Waals surface area contributed by atoms with Gasteiger partial charge in [0.1, 0.15) is 0 Å². The molecule has 16 heavy (non-hydrogen) atoms. The van der Waals surface area contributed by atoms with Crippen LogP contribution in [0.25, 0.3) is 0 Å². The third-order valence-corrected chi connectivity index (χ3v) is 3.69. The molecule has 0 radical (unpaired) electrons. The molecule has 0 spiro atoms. The van der Waals surface area contributed by atoms with Crippen molar-refractivity contribution in [1.82, 2.24) is 0 Å². The number of hydrogen-bond donors (Lipinski definition) is 0. The van der Waals surface area contributed by atoms with Crippen molar-refractivity contribution in [2.45, 2.75) is 65.2 Å². The largest absolute Gasteiger partial charge is 0.295 e. The van der Waals surface area contributed by atoms with Gasteiger partial charge in [-0.2, -0.15) is 0 Å². The smallest absolute Gasteiger partial charge is 0.155 e. The van der Waals surface area contributed by atoms with E-state index in [2.05, 4.69) is 13.8 Å². The fourth-order valence-corrected chi connectivity index (χ4v) is 2.73. The monoisotopic (exact) mass is 222 g/mol. The van der Waals surface area contributed by atoms with Crippen molar-refractivity contribution in [1.29, 1.82) is 0 Å². The summed E-state index contributed by atoms with van der Waals surface area (Å²) in [5, 5.41) is 0. The molecule has 0 unspecified atom stereocenters. The summed E-state index contributed by atoms with van der Waals surface area (Å²) in [6.07, 6.45) is 13.5. The summed E-state index contributed by atoms with van der Waals surface area (Å²) in [5.41, 5.74) is 0. The van der Waals surface area contributed by atoms with Crippen LogP contribution in [0.4, 0.5) is 0 Å². The standard InChI is InChI=1S/C15H26O/c1-3-5-7-15(16)12-14-10-8-13(6-4-2)9-11-14/h5,7,13-14H,3-4,6,8-12H2,1-2H3. The van der Waals surface area contributed by atoms with Crippen LogP contribution in [0.2, 0.25) is 0 Å². The Morgan fingerprint density at radius 2 is 1.75 bits per heavy atom. The summed E-state index contributed by atoms with van der Waals surface area (Å²) in [5.74, 6) is 1.95. The Kier molecular flexibility index (Phi) is 6.44. The van der Waals surface area contributed by atoms with Gasteiger partial charge in [0, 0.05) is 6.42 Å². The predicted molar refractivity (Wildman–Crippen MR) is 69.4 cm³/mol. The molecule has 1 aliphatic carbocycles. The molecule has 1 aliphatic rings. The normalized spacial score (nSPS) is 26.1. The van der Waals surface area contributed by atoms with E-state index in [0.29, 0.717) is 11.7 Å². The second kappa shape index (κ2) is 7.65. The number of carbonyl (C=O) groups is 1. The molecular formula is C15H26O. The van der Waals surface area contributed by atoms with Crippen LogP contribution in [0.3, 0.4) is 0 Å². The zero-order valence-corrected chi connectivity index (χ0v) is 10.9. The van der Waals surface area contributed by atoms with E-state index in [9.17, 15) is 4.79 Å². The number of carbonyl (C=O) groups excluding carboxylic acids is 1. The molecule has 0 heterocycles. The first kappa shape index (κ1) is 13.5. The van der Waals surface area contributed by atoms with Crippen LogP contribution in [0.15, 0.2) is 12.2 Å². The predicted octanol–water partition coefficient (Wildman–Crippen LogP) is 4.52. The molecule has 0 bridgehead atoms. The molecule has 0 aromatic rings. The molecule has 0 aromatic heterocycles. The van der Waals surface area contributed by atoms with Gasteiger partial charge in [0.25, 0.3) is 0 Å². The lowest BCUT2D eigenvalue weighted by Gasteiger charge is -2.27. The molecule has 0 N–H and O–H groups in total. The molecule has 1 heteroatoms. The molecule has 1 fully saturated rings. The second-order valence-electron chi connectivity index (χ2n) is 5.16. The van der Waals surface area contributed by atoms with Gasteiger partial charge in [-0.1, -0.05) is 45.6 Å². The van der Waals surface area contributed by atoms with E-state index in [4.69, 9.17) is 0 Å². The molecule has 1 rings (SSSR count). The van der Waals surface area contributed by atoms with E-state index >= 15 is 0 Å². The zero-order valence-electron chi connectivity index (χ0n) is 10.9. The van der Waals surface area contributed by atoms with Crippen molar-refractivity contribution in [2.75, 3.05) is 0 Å². The molecule has 1 saturated carbocycles. The number of ketones is 1. The topological polar surface area (TPSA) is 17.1 Å². The van der Waals surface area contributed by atoms with Gasteiger partial charge in [0.05, 0.1) is 0 Å². The molecular weight excluding hydrogens is 196 g/mol. The minimum absolute atomic E-state index is 0.334. The minimum atomic E-state index is 0.334. The number of hydrogen-bond acceptors (Lipinski definition) is 1. The molecule has 92 valence electrons. The maximum atomic E-state index is 11.6. The van der Waals surface area contributed by atoms with Crippen molar-refractivity contribution in [3.63, 3.8) is 0 Å². The quantitative estimate of drug-likeness (QED) is 0.604. The maximum absolute atomic E-state index is 11.6. The van der Waals surface area contributed by atoms with Gasteiger partial charge in [-0.05, 0) is 37.2 Å². The van der Waals surface area contributed by atoms with Crippen molar-refractivity contribution in [2.24, 2.45) is 11.8 Å². The molecule has 1 nitrogen and oxygen atoms in total. The molecule has 0 saturated heterocycles. The fraction of sp³-hybridized carbons (Fsp3) is 0.800. The Bertz CT molecular complexity index is 222. The van der Waals surface area contributed by atoms with E-state index < -0.39 is 0 Å². The lowest BCUT2D eigenvalue weighted by atomic mass is 9.78. The Hall–Kier alpha value is -0.590. The highest BCUT2D eigenvalue weighted by atomic mass is 16.1. The first-order valence-corrected chi connectivity index (χ1v) is 6.95. The maximum Gasteiger partial charge on any atom is 0.155 e. The fourth-order valence-electron chi connectivity index (χ4n) is 2.73. The van der Waals surface area contributed by atoms with Crippen molar-refractivity contribution >= 4 is 5.78 Å². The van der Waals surface area contributed by atoms with E-state index in [1.807, 2.05) is 6.08 Å². The van der Waals surface area contributed by atoms with Gasteiger partial charge < -0.3 is 0 Å². The Morgan fingerprint density at radius 3 is 2.31 bits per heavy atom. The van der Waals surface area contributed by atoms with E-state index in [0.717, 1.165) is 18.8 Å². The summed E-state index contributed by atoms with van der Waals surface area (Å²) in [6.45, 7) is 4.34. The highest BCUT2D eigenvalue weighted by Gasteiger charge is 2.21.